The van der Waals surface area contributed by atoms with Crippen LogP contribution in [0.25, 0.3) is 0 Å². The highest BCUT2D eigenvalue weighted by atomic mass is 15.2. The molecule has 0 spiro atoms. The summed E-state index contributed by atoms with van der Waals surface area (Å²) in [7, 11) is 0. The molecule has 0 amide bonds. The minimum Gasteiger partial charge on any atom is -0.315 e. The van der Waals surface area contributed by atoms with Crippen LogP contribution in [0.2, 0.25) is 0 Å². The Morgan fingerprint density at radius 1 is 0.800 bits per heavy atom. The van der Waals surface area contributed by atoms with E-state index in [0.717, 1.165) is 31.0 Å². The highest BCUT2D eigenvalue weighted by Gasteiger charge is 2.27. The zero-order valence-corrected chi connectivity index (χ0v) is 15.4. The standard InChI is InChI=1S/C18H40N2/c1-9-17(10-2)20(13-15(5)6)18(16(7)8)12-19-11-14(3)4/h14-19H,9-13H2,1-8H3. The van der Waals surface area contributed by atoms with Gasteiger partial charge in [0.2, 0.25) is 0 Å². The van der Waals surface area contributed by atoms with Crippen LogP contribution in [-0.2, 0) is 0 Å². The lowest BCUT2D eigenvalue weighted by Crippen LogP contribution is -2.51. The third-order valence-electron chi connectivity index (χ3n) is 4.09. The molecule has 0 saturated heterocycles. The lowest BCUT2D eigenvalue weighted by molar-refractivity contribution is 0.0800. The van der Waals surface area contributed by atoms with E-state index in [4.69, 9.17) is 0 Å². The summed E-state index contributed by atoms with van der Waals surface area (Å²) < 4.78 is 0. The van der Waals surface area contributed by atoms with Crippen molar-refractivity contribution in [3.63, 3.8) is 0 Å². The second kappa shape index (κ2) is 10.6. The fourth-order valence-electron chi connectivity index (χ4n) is 2.99. The van der Waals surface area contributed by atoms with Gasteiger partial charge in [0.05, 0.1) is 0 Å². The summed E-state index contributed by atoms with van der Waals surface area (Å²) in [5.41, 5.74) is 0. The summed E-state index contributed by atoms with van der Waals surface area (Å²) in [6.07, 6.45) is 2.52. The first-order valence-corrected chi connectivity index (χ1v) is 8.79. The molecule has 0 radical (unpaired) electrons. The largest absolute Gasteiger partial charge is 0.315 e. The zero-order valence-electron chi connectivity index (χ0n) is 15.4. The molecule has 20 heavy (non-hydrogen) atoms. The summed E-state index contributed by atoms with van der Waals surface area (Å²) >= 11 is 0. The molecule has 2 heteroatoms. The maximum absolute atomic E-state index is 3.68. The molecule has 0 aliphatic heterocycles. The smallest absolute Gasteiger partial charge is 0.0246 e. The molecular formula is C18H40N2. The molecule has 0 saturated carbocycles. The van der Waals surface area contributed by atoms with Crippen LogP contribution >= 0.6 is 0 Å². The van der Waals surface area contributed by atoms with Crippen molar-refractivity contribution >= 4 is 0 Å². The van der Waals surface area contributed by atoms with E-state index in [9.17, 15) is 0 Å². The monoisotopic (exact) mass is 284 g/mol. The molecule has 1 atom stereocenters. The van der Waals surface area contributed by atoms with Gasteiger partial charge in [0, 0.05) is 25.2 Å². The predicted octanol–water partition coefficient (Wildman–Crippen LogP) is 4.40. The minimum atomic E-state index is 0.654. The van der Waals surface area contributed by atoms with E-state index >= 15 is 0 Å². The zero-order chi connectivity index (χ0) is 15.7. The lowest BCUT2D eigenvalue weighted by atomic mass is 9.96. The summed E-state index contributed by atoms with van der Waals surface area (Å²) in [5, 5.41) is 3.68. The van der Waals surface area contributed by atoms with E-state index in [2.05, 4.69) is 65.6 Å². The topological polar surface area (TPSA) is 15.3 Å². The number of rotatable bonds is 11. The third kappa shape index (κ3) is 7.64. The maximum atomic E-state index is 3.68. The van der Waals surface area contributed by atoms with Gasteiger partial charge in [0.1, 0.15) is 0 Å². The summed E-state index contributed by atoms with van der Waals surface area (Å²) in [6.45, 7) is 22.1. The molecule has 0 aromatic rings. The molecule has 0 rings (SSSR count). The summed E-state index contributed by atoms with van der Waals surface area (Å²) in [4.78, 5) is 2.78. The molecule has 0 aromatic heterocycles. The fraction of sp³-hybridized carbons (Fsp3) is 1.00. The van der Waals surface area contributed by atoms with E-state index < -0.39 is 0 Å². The number of hydrogen-bond acceptors (Lipinski definition) is 2. The van der Waals surface area contributed by atoms with Crippen LogP contribution in [0, 0.1) is 17.8 Å². The van der Waals surface area contributed by atoms with Gasteiger partial charge in [-0.25, -0.2) is 0 Å². The first-order chi connectivity index (χ1) is 9.33. The van der Waals surface area contributed by atoms with Gasteiger partial charge < -0.3 is 5.32 Å². The Bertz CT molecular complexity index is 219. The number of nitrogens with zero attached hydrogens (tertiary/aromatic N) is 1. The van der Waals surface area contributed by atoms with E-state index in [1.165, 1.54) is 19.4 Å². The molecule has 1 unspecified atom stereocenters. The number of hydrogen-bond donors (Lipinski definition) is 1. The first kappa shape index (κ1) is 19.9. The van der Waals surface area contributed by atoms with Gasteiger partial charge in [-0.05, 0) is 37.1 Å². The quantitative estimate of drug-likeness (QED) is 0.605. The average molecular weight is 285 g/mol. The van der Waals surface area contributed by atoms with E-state index in [1.54, 1.807) is 0 Å². The van der Waals surface area contributed by atoms with Crippen molar-refractivity contribution in [3.8, 4) is 0 Å². The van der Waals surface area contributed by atoms with Crippen molar-refractivity contribution in [1.29, 1.82) is 0 Å². The van der Waals surface area contributed by atoms with Crippen LogP contribution in [0.4, 0.5) is 0 Å². The van der Waals surface area contributed by atoms with E-state index in [0.29, 0.717) is 12.0 Å². The van der Waals surface area contributed by atoms with Gasteiger partial charge in [-0.15, -0.1) is 0 Å². The van der Waals surface area contributed by atoms with Crippen molar-refractivity contribution in [2.24, 2.45) is 17.8 Å². The Balaban J connectivity index is 4.81. The van der Waals surface area contributed by atoms with Gasteiger partial charge in [-0.1, -0.05) is 55.4 Å². The lowest BCUT2D eigenvalue weighted by Gasteiger charge is -2.41. The Hall–Kier alpha value is -0.0800. The molecular weight excluding hydrogens is 244 g/mol. The normalized spacial score (nSPS) is 14.2. The summed E-state index contributed by atoms with van der Waals surface area (Å²) in [5.74, 6) is 2.17. The van der Waals surface area contributed by atoms with Crippen molar-refractivity contribution in [3.05, 3.63) is 0 Å². The molecule has 1 N–H and O–H groups in total. The molecule has 0 aliphatic carbocycles. The van der Waals surface area contributed by atoms with Crippen LogP contribution in [0.5, 0.6) is 0 Å². The van der Waals surface area contributed by atoms with Crippen LogP contribution in [0.3, 0.4) is 0 Å². The summed E-state index contributed by atoms with van der Waals surface area (Å²) in [6, 6.07) is 1.38. The van der Waals surface area contributed by atoms with Crippen LogP contribution in [0.1, 0.15) is 68.2 Å². The minimum absolute atomic E-state index is 0.654. The van der Waals surface area contributed by atoms with Crippen LogP contribution in [0.15, 0.2) is 0 Å². The SMILES string of the molecule is CCC(CC)N(CC(C)C)C(CNCC(C)C)C(C)C. The van der Waals surface area contributed by atoms with Gasteiger partial charge in [-0.3, -0.25) is 4.90 Å². The highest BCUT2D eigenvalue weighted by Crippen LogP contribution is 2.20. The van der Waals surface area contributed by atoms with Crippen LogP contribution in [-0.4, -0.2) is 36.6 Å². The van der Waals surface area contributed by atoms with Gasteiger partial charge in [0.25, 0.3) is 0 Å². The predicted molar refractivity (Wildman–Crippen MR) is 92.2 cm³/mol. The van der Waals surface area contributed by atoms with Crippen molar-refractivity contribution in [1.82, 2.24) is 10.2 Å². The Kier molecular flexibility index (Phi) is 10.6. The first-order valence-electron chi connectivity index (χ1n) is 8.79. The van der Waals surface area contributed by atoms with Crippen molar-refractivity contribution < 1.29 is 0 Å². The molecule has 122 valence electrons. The molecule has 0 heterocycles. The second-order valence-corrected chi connectivity index (χ2v) is 7.42. The van der Waals surface area contributed by atoms with E-state index in [1.807, 2.05) is 0 Å². The van der Waals surface area contributed by atoms with Gasteiger partial charge in [0.15, 0.2) is 0 Å². The Morgan fingerprint density at radius 2 is 1.35 bits per heavy atom. The van der Waals surface area contributed by atoms with Crippen LogP contribution < -0.4 is 5.32 Å². The maximum Gasteiger partial charge on any atom is 0.0246 e. The Labute approximate surface area is 128 Å². The van der Waals surface area contributed by atoms with Crippen molar-refractivity contribution in [2.75, 3.05) is 19.6 Å². The van der Waals surface area contributed by atoms with Crippen molar-refractivity contribution in [2.45, 2.75) is 80.3 Å². The fourth-order valence-corrected chi connectivity index (χ4v) is 2.99. The number of nitrogens with one attached hydrogen (secondary N) is 1. The highest BCUT2D eigenvalue weighted by molar-refractivity contribution is 4.83. The molecule has 2 nitrogen and oxygen atoms in total. The van der Waals surface area contributed by atoms with E-state index in [-0.39, 0.29) is 0 Å². The average Bonchev–Trinajstić information content (AvgIpc) is 2.33. The Morgan fingerprint density at radius 3 is 1.70 bits per heavy atom. The third-order valence-corrected chi connectivity index (χ3v) is 4.09. The van der Waals surface area contributed by atoms with Gasteiger partial charge in [-0.2, -0.15) is 0 Å². The van der Waals surface area contributed by atoms with Gasteiger partial charge >= 0.3 is 0 Å². The molecule has 0 aliphatic rings. The molecule has 0 aromatic carbocycles. The second-order valence-electron chi connectivity index (χ2n) is 7.42. The molecule has 0 fully saturated rings. The molecule has 0 bridgehead atoms.